The van der Waals surface area contributed by atoms with Crippen molar-refractivity contribution in [2.24, 2.45) is 5.92 Å². The Balaban J connectivity index is 1.79. The summed E-state index contributed by atoms with van der Waals surface area (Å²) in [4.78, 5) is 13.0. The molecule has 29 heavy (non-hydrogen) atoms. The van der Waals surface area contributed by atoms with Crippen LogP contribution in [0.25, 0.3) is 0 Å². The average Bonchev–Trinajstić information content (AvgIpc) is 2.70. The van der Waals surface area contributed by atoms with Gasteiger partial charge < -0.3 is 10.1 Å². The highest BCUT2D eigenvalue weighted by atomic mass is 32.2. The monoisotopic (exact) mass is 416 g/mol. The highest BCUT2D eigenvalue weighted by Crippen LogP contribution is 2.31. The number of carbonyl (C=O) groups excluding carboxylic acids is 1. The first-order valence-electron chi connectivity index (χ1n) is 9.75. The maximum Gasteiger partial charge on any atom is 0.246 e. The predicted molar refractivity (Wildman–Crippen MR) is 114 cm³/mol. The fourth-order valence-electron chi connectivity index (χ4n) is 3.69. The zero-order valence-corrected chi connectivity index (χ0v) is 18.2. The van der Waals surface area contributed by atoms with E-state index in [1.54, 1.807) is 12.1 Å². The molecule has 1 heterocycles. The summed E-state index contributed by atoms with van der Waals surface area (Å²) in [5.41, 5.74) is 3.72. The van der Waals surface area contributed by atoms with E-state index in [9.17, 15) is 13.2 Å². The van der Waals surface area contributed by atoms with Crippen LogP contribution in [0.5, 0.6) is 5.75 Å². The number of anilines is 1. The second kappa shape index (κ2) is 8.55. The van der Waals surface area contributed by atoms with Crippen LogP contribution in [0.1, 0.15) is 29.5 Å². The zero-order chi connectivity index (χ0) is 21.2. The van der Waals surface area contributed by atoms with Crippen molar-refractivity contribution in [3.8, 4) is 5.75 Å². The van der Waals surface area contributed by atoms with Gasteiger partial charge in [0.15, 0.2) is 0 Å². The molecule has 0 aliphatic carbocycles. The Bertz CT molecular complexity index is 1020. The molecule has 7 heteroatoms. The summed E-state index contributed by atoms with van der Waals surface area (Å²) in [6.07, 6.45) is 1.30. The van der Waals surface area contributed by atoms with Gasteiger partial charge in [0.05, 0.1) is 13.0 Å². The third-order valence-electron chi connectivity index (χ3n) is 5.33. The van der Waals surface area contributed by atoms with Crippen LogP contribution in [-0.4, -0.2) is 38.8 Å². The van der Waals surface area contributed by atoms with Gasteiger partial charge in [0.1, 0.15) is 10.6 Å². The Morgan fingerprint density at radius 1 is 1.10 bits per heavy atom. The molecule has 1 unspecified atom stereocenters. The number of rotatable bonds is 5. The summed E-state index contributed by atoms with van der Waals surface area (Å²) in [7, 11) is -2.29. The van der Waals surface area contributed by atoms with Crippen LogP contribution >= 0.6 is 0 Å². The van der Waals surface area contributed by atoms with Crippen LogP contribution in [-0.2, 0) is 14.8 Å². The Kier molecular flexibility index (Phi) is 6.29. The lowest BCUT2D eigenvalue weighted by Gasteiger charge is -2.31. The average molecular weight is 417 g/mol. The number of nitrogens with zero attached hydrogens (tertiary/aromatic N) is 1. The van der Waals surface area contributed by atoms with Gasteiger partial charge in [-0.1, -0.05) is 23.8 Å². The van der Waals surface area contributed by atoms with Crippen molar-refractivity contribution < 1.29 is 17.9 Å². The number of piperidine rings is 1. The third-order valence-corrected chi connectivity index (χ3v) is 7.22. The molecule has 1 fully saturated rings. The van der Waals surface area contributed by atoms with Gasteiger partial charge >= 0.3 is 0 Å². The summed E-state index contributed by atoms with van der Waals surface area (Å²) < 4.78 is 33.2. The molecule has 0 radical (unpaired) electrons. The highest BCUT2D eigenvalue weighted by molar-refractivity contribution is 7.89. The molecular weight excluding hydrogens is 388 g/mol. The number of amides is 1. The van der Waals surface area contributed by atoms with E-state index in [1.165, 1.54) is 11.4 Å². The van der Waals surface area contributed by atoms with Gasteiger partial charge in [-0.15, -0.1) is 0 Å². The molecule has 0 bridgehead atoms. The lowest BCUT2D eigenvalue weighted by atomic mass is 9.98. The van der Waals surface area contributed by atoms with E-state index in [4.69, 9.17) is 4.74 Å². The van der Waals surface area contributed by atoms with E-state index < -0.39 is 15.9 Å². The Labute approximate surface area is 172 Å². The first-order valence-corrected chi connectivity index (χ1v) is 11.2. The summed E-state index contributed by atoms with van der Waals surface area (Å²) in [6.45, 7) is 6.35. The zero-order valence-electron chi connectivity index (χ0n) is 17.4. The lowest BCUT2D eigenvalue weighted by Crippen LogP contribution is -2.43. The summed E-state index contributed by atoms with van der Waals surface area (Å²) in [6, 6.07) is 10.9. The van der Waals surface area contributed by atoms with Crippen molar-refractivity contribution >= 4 is 21.6 Å². The summed E-state index contributed by atoms with van der Waals surface area (Å²) >= 11 is 0. The highest BCUT2D eigenvalue weighted by Gasteiger charge is 2.35. The molecule has 2 aromatic carbocycles. The van der Waals surface area contributed by atoms with Crippen LogP contribution in [0.2, 0.25) is 0 Å². The fraction of sp³-hybridized carbons (Fsp3) is 0.409. The maximum absolute atomic E-state index is 13.3. The number of ether oxygens (including phenoxy) is 1. The third kappa shape index (κ3) is 4.62. The van der Waals surface area contributed by atoms with Crippen LogP contribution in [0.4, 0.5) is 5.69 Å². The van der Waals surface area contributed by atoms with Crippen LogP contribution in [0, 0.1) is 26.7 Å². The Morgan fingerprint density at radius 2 is 1.79 bits per heavy atom. The van der Waals surface area contributed by atoms with E-state index in [0.717, 1.165) is 22.4 Å². The fourth-order valence-corrected chi connectivity index (χ4v) is 5.45. The molecule has 1 amide bonds. The molecule has 1 aliphatic heterocycles. The second-order valence-electron chi connectivity index (χ2n) is 7.66. The van der Waals surface area contributed by atoms with Crippen LogP contribution < -0.4 is 10.1 Å². The maximum atomic E-state index is 13.3. The number of aryl methyl sites for hydroxylation is 3. The number of methoxy groups -OCH3 is 1. The molecular formula is C22H28N2O4S. The van der Waals surface area contributed by atoms with Gasteiger partial charge in [0, 0.05) is 18.8 Å². The van der Waals surface area contributed by atoms with Crippen molar-refractivity contribution in [3.63, 3.8) is 0 Å². The van der Waals surface area contributed by atoms with Gasteiger partial charge in [-0.3, -0.25) is 4.79 Å². The minimum Gasteiger partial charge on any atom is -0.495 e. The molecule has 1 saturated heterocycles. The van der Waals surface area contributed by atoms with Gasteiger partial charge in [-0.05, 0) is 62.9 Å². The SMILES string of the molecule is COc1ccc(C)cc1S(=O)(=O)N1CCCC(C(=O)Nc2ccc(C)cc2C)C1. The van der Waals surface area contributed by atoms with Crippen LogP contribution in [0.3, 0.4) is 0 Å². The summed E-state index contributed by atoms with van der Waals surface area (Å²) in [5, 5.41) is 2.97. The molecule has 1 N–H and O–H groups in total. The van der Waals surface area contributed by atoms with Crippen LogP contribution in [0.15, 0.2) is 41.3 Å². The number of hydrogen-bond acceptors (Lipinski definition) is 4. The molecule has 0 spiro atoms. The van der Waals surface area contributed by atoms with E-state index >= 15 is 0 Å². The van der Waals surface area contributed by atoms with Crippen molar-refractivity contribution in [1.82, 2.24) is 4.31 Å². The minimum absolute atomic E-state index is 0.145. The largest absolute Gasteiger partial charge is 0.495 e. The van der Waals surface area contributed by atoms with Crippen molar-refractivity contribution in [1.29, 1.82) is 0 Å². The molecule has 156 valence electrons. The topological polar surface area (TPSA) is 75.7 Å². The molecule has 0 aromatic heterocycles. The van der Waals surface area contributed by atoms with E-state index in [0.29, 0.717) is 25.1 Å². The first-order chi connectivity index (χ1) is 13.7. The van der Waals surface area contributed by atoms with Gasteiger partial charge in [-0.2, -0.15) is 4.31 Å². The second-order valence-corrected chi connectivity index (χ2v) is 9.57. The summed E-state index contributed by atoms with van der Waals surface area (Å²) in [5.74, 6) is -0.222. The van der Waals surface area contributed by atoms with E-state index in [2.05, 4.69) is 5.32 Å². The lowest BCUT2D eigenvalue weighted by molar-refractivity contribution is -0.120. The normalized spacial score (nSPS) is 17.7. The predicted octanol–water partition coefficient (Wildman–Crippen LogP) is 3.66. The van der Waals surface area contributed by atoms with Gasteiger partial charge in [0.2, 0.25) is 15.9 Å². The standard InChI is InChI=1S/C22H28N2O4S/c1-15-7-9-19(17(3)12-15)23-22(25)18-6-5-11-24(14-18)29(26,27)21-13-16(2)8-10-20(21)28-4/h7-10,12-13,18H,5-6,11,14H2,1-4H3,(H,23,25). The van der Waals surface area contributed by atoms with Crippen molar-refractivity contribution in [3.05, 3.63) is 53.1 Å². The Morgan fingerprint density at radius 3 is 2.48 bits per heavy atom. The number of benzene rings is 2. The van der Waals surface area contributed by atoms with Gasteiger partial charge in [-0.25, -0.2) is 8.42 Å². The number of sulfonamides is 1. The quantitative estimate of drug-likeness (QED) is 0.807. The molecule has 2 aromatic rings. The number of hydrogen-bond donors (Lipinski definition) is 1. The minimum atomic E-state index is -3.75. The molecule has 1 aliphatic rings. The molecule has 0 saturated carbocycles. The first kappa shape index (κ1) is 21.3. The van der Waals surface area contributed by atoms with E-state index in [-0.39, 0.29) is 17.3 Å². The van der Waals surface area contributed by atoms with Crippen molar-refractivity contribution in [2.45, 2.75) is 38.5 Å². The Hall–Kier alpha value is -2.38. The smallest absolute Gasteiger partial charge is 0.246 e. The number of carbonyl (C=O) groups is 1. The van der Waals surface area contributed by atoms with E-state index in [1.807, 2.05) is 45.0 Å². The molecule has 6 nitrogen and oxygen atoms in total. The van der Waals surface area contributed by atoms with Crippen molar-refractivity contribution in [2.75, 3.05) is 25.5 Å². The van der Waals surface area contributed by atoms with Gasteiger partial charge in [0.25, 0.3) is 0 Å². The molecule has 1 atom stereocenters. The molecule has 3 rings (SSSR count). The number of nitrogens with one attached hydrogen (secondary N) is 1.